The summed E-state index contributed by atoms with van der Waals surface area (Å²) in [6.45, 7) is 3.59. The Labute approximate surface area is 160 Å². The molecule has 0 saturated heterocycles. The zero-order valence-corrected chi connectivity index (χ0v) is 16.1. The van der Waals surface area contributed by atoms with Crippen molar-refractivity contribution >= 4 is 23.5 Å². The first-order chi connectivity index (χ1) is 12.5. The topological polar surface area (TPSA) is 61.8 Å². The van der Waals surface area contributed by atoms with Crippen LogP contribution in [0.1, 0.15) is 25.8 Å². The molecule has 152 valence electrons. The van der Waals surface area contributed by atoms with Crippen molar-refractivity contribution in [1.82, 2.24) is 0 Å². The number of hydrogen-bond acceptors (Lipinski definition) is 5. The highest BCUT2D eigenvalue weighted by Gasteiger charge is 2.64. The van der Waals surface area contributed by atoms with Gasteiger partial charge >= 0.3 is 18.1 Å². The maximum absolute atomic E-state index is 13.9. The molecule has 0 bridgehead atoms. The number of halogens is 4. The first-order valence-corrected chi connectivity index (χ1v) is 8.55. The number of benzene rings is 1. The fraction of sp³-hybridized carbons (Fsp3) is 0.556. The first kappa shape index (κ1) is 23.2. The molecular weight excluding hydrogens is 389 g/mol. The average molecular weight is 411 g/mol. The van der Waals surface area contributed by atoms with Gasteiger partial charge < -0.3 is 14.2 Å². The van der Waals surface area contributed by atoms with Crippen LogP contribution in [0.2, 0.25) is 0 Å². The standard InChI is InChI=1S/C18H22ClF3O5/c1-11(2)10-13(19)14(15(23)25-3)27-16(24)17(26-4,18(20,21)22)12-8-6-5-7-9-12/h5-9,11,13-14H,10H2,1-4H3/t13-,14+,17?/m0/s1. The summed E-state index contributed by atoms with van der Waals surface area (Å²) >= 11 is 6.11. The Morgan fingerprint density at radius 2 is 1.67 bits per heavy atom. The minimum atomic E-state index is -5.15. The van der Waals surface area contributed by atoms with E-state index in [0.29, 0.717) is 0 Å². The lowest BCUT2D eigenvalue weighted by molar-refractivity contribution is -0.278. The molecule has 0 spiro atoms. The molecule has 0 radical (unpaired) electrons. The fourth-order valence-electron chi connectivity index (χ4n) is 2.55. The molecule has 9 heteroatoms. The van der Waals surface area contributed by atoms with Gasteiger partial charge in [0.25, 0.3) is 5.60 Å². The number of methoxy groups -OCH3 is 2. The molecule has 0 heterocycles. The van der Waals surface area contributed by atoms with E-state index in [0.717, 1.165) is 26.4 Å². The van der Waals surface area contributed by atoms with Crippen molar-refractivity contribution in [3.05, 3.63) is 35.9 Å². The molecule has 0 saturated carbocycles. The Morgan fingerprint density at radius 1 is 1.11 bits per heavy atom. The number of carbonyl (C=O) groups is 2. The zero-order valence-electron chi connectivity index (χ0n) is 15.4. The minimum absolute atomic E-state index is 0.00211. The highest BCUT2D eigenvalue weighted by Crippen LogP contribution is 2.43. The van der Waals surface area contributed by atoms with E-state index < -0.39 is 40.8 Å². The van der Waals surface area contributed by atoms with Gasteiger partial charge in [0.15, 0.2) is 0 Å². The van der Waals surface area contributed by atoms with E-state index in [2.05, 4.69) is 9.47 Å². The molecule has 0 fully saturated rings. The summed E-state index contributed by atoms with van der Waals surface area (Å²) < 4.78 is 55.7. The molecule has 0 aliphatic carbocycles. The number of carbonyl (C=O) groups excluding carboxylic acids is 2. The number of alkyl halides is 4. The summed E-state index contributed by atoms with van der Waals surface area (Å²) in [5.74, 6) is -2.85. The Bertz CT molecular complexity index is 636. The molecule has 27 heavy (non-hydrogen) atoms. The highest BCUT2D eigenvalue weighted by atomic mass is 35.5. The van der Waals surface area contributed by atoms with Crippen LogP contribution in [0.25, 0.3) is 0 Å². The molecule has 3 atom stereocenters. The monoisotopic (exact) mass is 410 g/mol. The van der Waals surface area contributed by atoms with Gasteiger partial charge in [-0.2, -0.15) is 13.2 Å². The van der Waals surface area contributed by atoms with Crippen molar-refractivity contribution in [2.24, 2.45) is 5.92 Å². The van der Waals surface area contributed by atoms with E-state index >= 15 is 0 Å². The van der Waals surface area contributed by atoms with Crippen LogP contribution < -0.4 is 0 Å². The molecule has 1 aromatic rings. The zero-order chi connectivity index (χ0) is 20.8. The van der Waals surface area contributed by atoms with Gasteiger partial charge in [0.1, 0.15) is 0 Å². The van der Waals surface area contributed by atoms with Crippen molar-refractivity contribution in [1.29, 1.82) is 0 Å². The van der Waals surface area contributed by atoms with Crippen LogP contribution >= 0.6 is 11.6 Å². The second-order valence-electron chi connectivity index (χ2n) is 6.24. The number of hydrogen-bond donors (Lipinski definition) is 0. The second kappa shape index (κ2) is 9.41. The minimum Gasteiger partial charge on any atom is -0.466 e. The van der Waals surface area contributed by atoms with E-state index in [1.165, 1.54) is 18.2 Å². The van der Waals surface area contributed by atoms with Gasteiger partial charge in [0, 0.05) is 12.7 Å². The van der Waals surface area contributed by atoms with Crippen LogP contribution in [0.3, 0.4) is 0 Å². The largest absolute Gasteiger partial charge is 0.466 e. The Balaban J connectivity index is 3.34. The van der Waals surface area contributed by atoms with E-state index in [9.17, 15) is 22.8 Å². The molecule has 0 aliphatic heterocycles. The van der Waals surface area contributed by atoms with Gasteiger partial charge in [-0.05, 0) is 12.3 Å². The molecule has 0 N–H and O–H groups in total. The van der Waals surface area contributed by atoms with Crippen LogP contribution in [0.15, 0.2) is 30.3 Å². The van der Waals surface area contributed by atoms with Crippen molar-refractivity contribution in [2.45, 2.75) is 43.5 Å². The number of rotatable bonds is 8. The van der Waals surface area contributed by atoms with Gasteiger partial charge in [-0.25, -0.2) is 9.59 Å². The number of esters is 2. The highest BCUT2D eigenvalue weighted by molar-refractivity contribution is 6.22. The normalized spacial score (nSPS) is 16.3. The first-order valence-electron chi connectivity index (χ1n) is 8.11. The maximum Gasteiger partial charge on any atom is 0.432 e. The van der Waals surface area contributed by atoms with Crippen molar-refractivity contribution in [3.8, 4) is 0 Å². The van der Waals surface area contributed by atoms with Gasteiger partial charge in [0.2, 0.25) is 6.10 Å². The van der Waals surface area contributed by atoms with Gasteiger partial charge in [-0.1, -0.05) is 44.2 Å². The summed E-state index contributed by atoms with van der Waals surface area (Å²) in [6, 6.07) is 6.29. The molecule has 1 aromatic carbocycles. The lowest BCUT2D eigenvalue weighted by atomic mass is 9.92. The second-order valence-corrected chi connectivity index (χ2v) is 6.80. The lowest BCUT2D eigenvalue weighted by Gasteiger charge is -2.34. The third-order valence-corrected chi connectivity index (χ3v) is 4.27. The van der Waals surface area contributed by atoms with Crippen LogP contribution in [0, 0.1) is 5.92 Å². The van der Waals surface area contributed by atoms with Crippen LogP contribution in [-0.4, -0.2) is 43.8 Å². The third kappa shape index (κ3) is 5.13. The van der Waals surface area contributed by atoms with Crippen molar-refractivity contribution in [3.63, 3.8) is 0 Å². The van der Waals surface area contributed by atoms with E-state index in [-0.39, 0.29) is 12.3 Å². The summed E-state index contributed by atoms with van der Waals surface area (Å²) in [5.41, 5.74) is -3.89. The Morgan fingerprint density at radius 3 is 2.07 bits per heavy atom. The maximum atomic E-state index is 13.9. The molecule has 0 aliphatic rings. The summed E-state index contributed by atoms with van der Waals surface area (Å²) in [7, 11) is 1.76. The lowest BCUT2D eigenvalue weighted by Crippen LogP contribution is -2.54. The molecule has 1 unspecified atom stereocenters. The van der Waals surface area contributed by atoms with E-state index in [1.54, 1.807) is 13.8 Å². The predicted molar refractivity (Wildman–Crippen MR) is 92.2 cm³/mol. The molecule has 0 aromatic heterocycles. The quantitative estimate of drug-likeness (QED) is 0.481. The smallest absolute Gasteiger partial charge is 0.432 e. The average Bonchev–Trinajstić information content (AvgIpc) is 2.59. The fourth-order valence-corrected chi connectivity index (χ4v) is 3.06. The molecule has 1 rings (SSSR count). The SMILES string of the molecule is COC(=O)[C@H](OC(=O)C(OC)(c1ccccc1)C(F)(F)F)[C@@H](Cl)CC(C)C. The van der Waals surface area contributed by atoms with Gasteiger partial charge in [0.05, 0.1) is 12.5 Å². The summed E-state index contributed by atoms with van der Waals surface area (Å²) in [6.07, 6.45) is -6.65. The molecule has 0 amide bonds. The van der Waals surface area contributed by atoms with Gasteiger partial charge in [-0.3, -0.25) is 0 Å². The van der Waals surface area contributed by atoms with Gasteiger partial charge in [-0.15, -0.1) is 11.6 Å². The van der Waals surface area contributed by atoms with Crippen LogP contribution in [0.4, 0.5) is 13.2 Å². The number of ether oxygens (including phenoxy) is 3. The summed E-state index contributed by atoms with van der Waals surface area (Å²) in [4.78, 5) is 24.6. The van der Waals surface area contributed by atoms with Crippen LogP contribution in [-0.2, 0) is 29.4 Å². The molecular formula is C18H22ClF3O5. The van der Waals surface area contributed by atoms with E-state index in [4.69, 9.17) is 16.3 Å². The van der Waals surface area contributed by atoms with Crippen molar-refractivity contribution < 1.29 is 37.0 Å². The van der Waals surface area contributed by atoms with E-state index in [1.807, 2.05) is 0 Å². The van der Waals surface area contributed by atoms with Crippen molar-refractivity contribution in [2.75, 3.05) is 14.2 Å². The Kier molecular flexibility index (Phi) is 8.10. The van der Waals surface area contributed by atoms with Crippen LogP contribution in [0.5, 0.6) is 0 Å². The predicted octanol–water partition coefficient (Wildman–Crippen LogP) is 3.83. The summed E-state index contributed by atoms with van der Waals surface area (Å²) in [5, 5.41) is -1.07. The third-order valence-electron chi connectivity index (χ3n) is 3.87. The molecule has 5 nitrogen and oxygen atoms in total. The Hall–Kier alpha value is -1.80.